The molecule has 0 aromatic heterocycles. The van der Waals surface area contributed by atoms with E-state index in [9.17, 15) is 13.6 Å². The van der Waals surface area contributed by atoms with Crippen molar-refractivity contribution < 1.29 is 13.6 Å². The van der Waals surface area contributed by atoms with Crippen LogP contribution < -0.4 is 5.32 Å². The summed E-state index contributed by atoms with van der Waals surface area (Å²) in [5, 5.41) is 2.39. The number of alkyl halides is 3. The maximum Gasteiger partial charge on any atom is 0.267 e. The van der Waals surface area contributed by atoms with Gasteiger partial charge < -0.3 is 5.32 Å². The second-order valence-electron chi connectivity index (χ2n) is 4.12. The van der Waals surface area contributed by atoms with E-state index in [0.29, 0.717) is 12.8 Å². The molecule has 2 nitrogen and oxygen atoms in total. The Morgan fingerprint density at radius 3 is 2.80 bits per heavy atom. The van der Waals surface area contributed by atoms with Gasteiger partial charge in [0.15, 0.2) is 0 Å². The first-order valence-corrected chi connectivity index (χ1v) is 5.75. The quantitative estimate of drug-likeness (QED) is 0.754. The standard InChI is InChI=1S/C10H16ClF2NO/c1-7(6-11)9(15)14-8-4-2-3-5-10(8,12)13/h7-8H,2-6H2,1H3,(H,14,15). The minimum atomic E-state index is -2.76. The van der Waals surface area contributed by atoms with Gasteiger partial charge in [-0.3, -0.25) is 4.79 Å². The van der Waals surface area contributed by atoms with E-state index in [2.05, 4.69) is 5.32 Å². The summed E-state index contributed by atoms with van der Waals surface area (Å²) in [5.74, 6) is -3.40. The van der Waals surface area contributed by atoms with Gasteiger partial charge in [0.05, 0.1) is 6.04 Å². The average molecular weight is 240 g/mol. The fourth-order valence-electron chi connectivity index (χ4n) is 1.66. The molecule has 1 fully saturated rings. The molecule has 2 atom stereocenters. The number of nitrogens with one attached hydrogen (secondary N) is 1. The largest absolute Gasteiger partial charge is 0.347 e. The summed E-state index contributed by atoms with van der Waals surface area (Å²) in [6, 6.07) is -1.01. The number of carbonyl (C=O) groups excluding carboxylic acids is 1. The highest BCUT2D eigenvalue weighted by molar-refractivity contribution is 6.19. The van der Waals surface area contributed by atoms with Gasteiger partial charge in [-0.2, -0.15) is 0 Å². The Kier molecular flexibility index (Phi) is 4.32. The molecular weight excluding hydrogens is 224 g/mol. The lowest BCUT2D eigenvalue weighted by molar-refractivity contribution is -0.130. The molecule has 1 amide bonds. The minimum absolute atomic E-state index is 0.132. The third kappa shape index (κ3) is 3.30. The predicted octanol–water partition coefficient (Wildman–Crippen LogP) is 2.56. The first-order valence-electron chi connectivity index (χ1n) is 5.21. The zero-order chi connectivity index (χ0) is 11.5. The molecule has 0 saturated heterocycles. The van der Waals surface area contributed by atoms with Crippen LogP contribution in [0, 0.1) is 5.92 Å². The summed E-state index contributed by atoms with van der Waals surface area (Å²) < 4.78 is 26.7. The molecule has 0 aromatic carbocycles. The summed E-state index contributed by atoms with van der Waals surface area (Å²) in [6.45, 7) is 1.63. The van der Waals surface area contributed by atoms with E-state index in [4.69, 9.17) is 11.6 Å². The second kappa shape index (κ2) is 5.10. The molecule has 1 aliphatic rings. The Morgan fingerprint density at radius 1 is 1.60 bits per heavy atom. The highest BCUT2D eigenvalue weighted by Gasteiger charge is 2.42. The highest BCUT2D eigenvalue weighted by atomic mass is 35.5. The number of hydrogen-bond acceptors (Lipinski definition) is 1. The number of halogens is 3. The fourth-order valence-corrected chi connectivity index (χ4v) is 1.80. The number of amides is 1. The topological polar surface area (TPSA) is 29.1 Å². The van der Waals surface area contributed by atoms with Gasteiger partial charge in [-0.1, -0.05) is 13.3 Å². The molecule has 1 aliphatic carbocycles. The Labute approximate surface area is 93.4 Å². The van der Waals surface area contributed by atoms with Gasteiger partial charge in [-0.15, -0.1) is 11.6 Å². The van der Waals surface area contributed by atoms with Gasteiger partial charge in [0.2, 0.25) is 5.91 Å². The van der Waals surface area contributed by atoms with Crippen molar-refractivity contribution in [1.29, 1.82) is 0 Å². The molecule has 2 unspecified atom stereocenters. The van der Waals surface area contributed by atoms with Crippen molar-refractivity contribution in [2.45, 2.75) is 44.6 Å². The molecule has 0 bridgehead atoms. The maximum absolute atomic E-state index is 13.3. The minimum Gasteiger partial charge on any atom is -0.347 e. The number of carbonyl (C=O) groups is 1. The van der Waals surface area contributed by atoms with Crippen molar-refractivity contribution in [3.05, 3.63) is 0 Å². The van der Waals surface area contributed by atoms with Crippen LogP contribution in [0.15, 0.2) is 0 Å². The normalized spacial score (nSPS) is 27.1. The zero-order valence-corrected chi connectivity index (χ0v) is 9.49. The van der Waals surface area contributed by atoms with Crippen LogP contribution >= 0.6 is 11.6 Å². The first-order chi connectivity index (χ1) is 6.97. The van der Waals surface area contributed by atoms with Crippen LogP contribution in [0.1, 0.15) is 32.6 Å². The Bertz CT molecular complexity index is 235. The summed E-state index contributed by atoms with van der Waals surface area (Å²) in [5.41, 5.74) is 0. The van der Waals surface area contributed by atoms with E-state index in [0.717, 1.165) is 6.42 Å². The average Bonchev–Trinajstić information content (AvgIpc) is 2.19. The lowest BCUT2D eigenvalue weighted by Gasteiger charge is -2.32. The van der Waals surface area contributed by atoms with Crippen molar-refractivity contribution >= 4 is 17.5 Å². The molecule has 88 valence electrons. The SMILES string of the molecule is CC(CCl)C(=O)NC1CCCCC1(F)F. The Morgan fingerprint density at radius 2 is 2.27 bits per heavy atom. The van der Waals surface area contributed by atoms with E-state index in [1.165, 1.54) is 0 Å². The van der Waals surface area contributed by atoms with E-state index in [-0.39, 0.29) is 18.2 Å². The molecule has 1 rings (SSSR count). The fraction of sp³-hybridized carbons (Fsp3) is 0.900. The van der Waals surface area contributed by atoms with Crippen LogP contribution in [0.2, 0.25) is 0 Å². The molecular formula is C10H16ClF2NO. The van der Waals surface area contributed by atoms with Crippen LogP contribution in [0.4, 0.5) is 8.78 Å². The molecule has 0 heterocycles. The van der Waals surface area contributed by atoms with Gasteiger partial charge in [0.25, 0.3) is 5.92 Å². The molecule has 0 radical (unpaired) electrons. The van der Waals surface area contributed by atoms with Crippen molar-refractivity contribution in [2.75, 3.05) is 5.88 Å². The summed E-state index contributed by atoms with van der Waals surface area (Å²) in [7, 11) is 0. The number of hydrogen-bond donors (Lipinski definition) is 1. The van der Waals surface area contributed by atoms with Crippen molar-refractivity contribution in [2.24, 2.45) is 5.92 Å². The molecule has 0 aromatic rings. The Balaban J connectivity index is 2.52. The van der Waals surface area contributed by atoms with Gasteiger partial charge in [-0.25, -0.2) is 8.78 Å². The lowest BCUT2D eigenvalue weighted by atomic mass is 9.91. The van der Waals surface area contributed by atoms with Crippen molar-refractivity contribution in [3.63, 3.8) is 0 Å². The van der Waals surface area contributed by atoms with Crippen LogP contribution in [0.5, 0.6) is 0 Å². The van der Waals surface area contributed by atoms with Gasteiger partial charge in [-0.05, 0) is 12.8 Å². The smallest absolute Gasteiger partial charge is 0.267 e. The monoisotopic (exact) mass is 239 g/mol. The lowest BCUT2D eigenvalue weighted by Crippen LogP contribution is -2.50. The first kappa shape index (κ1) is 12.7. The van der Waals surface area contributed by atoms with Crippen molar-refractivity contribution in [1.82, 2.24) is 5.32 Å². The zero-order valence-electron chi connectivity index (χ0n) is 8.73. The van der Waals surface area contributed by atoms with Crippen LogP contribution in [0.3, 0.4) is 0 Å². The molecule has 0 aliphatic heterocycles. The van der Waals surface area contributed by atoms with E-state index >= 15 is 0 Å². The molecule has 5 heteroatoms. The van der Waals surface area contributed by atoms with Gasteiger partial charge in [0.1, 0.15) is 0 Å². The predicted molar refractivity (Wildman–Crippen MR) is 55.2 cm³/mol. The highest BCUT2D eigenvalue weighted by Crippen LogP contribution is 2.33. The van der Waals surface area contributed by atoms with Crippen LogP contribution in [-0.2, 0) is 4.79 Å². The van der Waals surface area contributed by atoms with Gasteiger partial charge in [0, 0.05) is 18.2 Å². The summed E-state index contributed by atoms with van der Waals surface area (Å²) in [6.07, 6.45) is 1.50. The van der Waals surface area contributed by atoms with Gasteiger partial charge >= 0.3 is 0 Å². The van der Waals surface area contributed by atoms with E-state index in [1.54, 1.807) is 6.92 Å². The van der Waals surface area contributed by atoms with Crippen LogP contribution in [0.25, 0.3) is 0 Å². The molecule has 1 N–H and O–H groups in total. The van der Waals surface area contributed by atoms with Crippen molar-refractivity contribution in [3.8, 4) is 0 Å². The van der Waals surface area contributed by atoms with E-state index < -0.39 is 17.9 Å². The van der Waals surface area contributed by atoms with E-state index in [1.807, 2.05) is 0 Å². The maximum atomic E-state index is 13.3. The third-order valence-corrected chi connectivity index (χ3v) is 3.22. The third-order valence-electron chi connectivity index (χ3n) is 2.76. The summed E-state index contributed by atoms with van der Waals surface area (Å²) >= 11 is 5.49. The Hall–Kier alpha value is -0.380. The number of rotatable bonds is 3. The molecule has 0 spiro atoms. The molecule has 1 saturated carbocycles. The molecule has 15 heavy (non-hydrogen) atoms. The summed E-state index contributed by atoms with van der Waals surface area (Å²) in [4.78, 5) is 11.4. The second-order valence-corrected chi connectivity index (χ2v) is 4.43. The van der Waals surface area contributed by atoms with Crippen LogP contribution in [-0.4, -0.2) is 23.8 Å².